The van der Waals surface area contributed by atoms with Crippen molar-refractivity contribution in [1.82, 2.24) is 19.4 Å². The van der Waals surface area contributed by atoms with Crippen LogP contribution in [0.4, 0.5) is 0 Å². The topological polar surface area (TPSA) is 47.1 Å². The molecular formula is C18H22N4O. The lowest BCUT2D eigenvalue weighted by molar-refractivity contribution is 0.182. The van der Waals surface area contributed by atoms with Crippen LogP contribution in [-0.4, -0.2) is 39.1 Å². The van der Waals surface area contributed by atoms with E-state index in [0.717, 1.165) is 35.1 Å². The first-order valence-corrected chi connectivity index (χ1v) is 8.32. The van der Waals surface area contributed by atoms with Gasteiger partial charge < -0.3 is 9.32 Å². The zero-order valence-corrected chi connectivity index (χ0v) is 13.7. The molecule has 120 valence electrons. The molecule has 0 radical (unpaired) electrons. The first-order chi connectivity index (χ1) is 11.2. The van der Waals surface area contributed by atoms with Crippen LogP contribution in [0, 0.1) is 6.92 Å². The summed E-state index contributed by atoms with van der Waals surface area (Å²) in [7, 11) is 2.21. The van der Waals surface area contributed by atoms with Gasteiger partial charge in [-0.2, -0.15) is 0 Å². The Morgan fingerprint density at radius 1 is 1.26 bits per heavy atom. The molecule has 23 heavy (non-hydrogen) atoms. The third-order valence-electron chi connectivity index (χ3n) is 4.77. The molecule has 0 spiro atoms. The molecule has 1 aliphatic heterocycles. The van der Waals surface area contributed by atoms with Crippen molar-refractivity contribution in [3.05, 3.63) is 42.0 Å². The van der Waals surface area contributed by atoms with Crippen molar-refractivity contribution < 1.29 is 4.42 Å². The minimum atomic E-state index is 0.537. The first-order valence-electron chi connectivity index (χ1n) is 8.32. The summed E-state index contributed by atoms with van der Waals surface area (Å²) in [5.41, 5.74) is 1.80. The summed E-state index contributed by atoms with van der Waals surface area (Å²) in [6.07, 6.45) is 6.56. The van der Waals surface area contributed by atoms with Crippen molar-refractivity contribution in [3.8, 4) is 5.88 Å². The first kappa shape index (κ1) is 14.5. The summed E-state index contributed by atoms with van der Waals surface area (Å²) >= 11 is 0. The van der Waals surface area contributed by atoms with Gasteiger partial charge in [-0.15, -0.1) is 0 Å². The van der Waals surface area contributed by atoms with Gasteiger partial charge in [0.1, 0.15) is 17.1 Å². The van der Waals surface area contributed by atoms with Crippen LogP contribution in [0.15, 0.2) is 34.9 Å². The number of hydrogen-bond donors (Lipinski definition) is 0. The normalized spacial score (nSPS) is 19.5. The highest BCUT2D eigenvalue weighted by Crippen LogP contribution is 2.25. The molecule has 0 aromatic carbocycles. The van der Waals surface area contributed by atoms with E-state index in [9.17, 15) is 0 Å². The number of aromatic nitrogens is 3. The van der Waals surface area contributed by atoms with E-state index >= 15 is 0 Å². The van der Waals surface area contributed by atoms with Crippen molar-refractivity contribution in [2.75, 3.05) is 13.6 Å². The van der Waals surface area contributed by atoms with E-state index < -0.39 is 0 Å². The number of piperidine rings is 1. The zero-order valence-electron chi connectivity index (χ0n) is 13.7. The van der Waals surface area contributed by atoms with Gasteiger partial charge in [0, 0.05) is 24.7 Å². The maximum Gasteiger partial charge on any atom is 0.206 e. The highest BCUT2D eigenvalue weighted by atomic mass is 16.4. The molecule has 0 N–H and O–H groups in total. The summed E-state index contributed by atoms with van der Waals surface area (Å²) in [4.78, 5) is 11.8. The number of aryl methyl sites for hydroxylation is 1. The van der Waals surface area contributed by atoms with Crippen LogP contribution in [0.2, 0.25) is 0 Å². The number of fused-ring (bicyclic) bond motifs is 1. The maximum absolute atomic E-state index is 5.86. The Bertz CT molecular complexity index is 819. The molecule has 4 heterocycles. The molecule has 1 unspecified atom stereocenters. The van der Waals surface area contributed by atoms with Crippen LogP contribution in [0.1, 0.15) is 30.8 Å². The van der Waals surface area contributed by atoms with Gasteiger partial charge in [0.05, 0.1) is 0 Å². The van der Waals surface area contributed by atoms with Crippen LogP contribution >= 0.6 is 0 Å². The second-order valence-corrected chi connectivity index (χ2v) is 6.43. The highest BCUT2D eigenvalue weighted by Gasteiger charge is 2.23. The Hall–Kier alpha value is -2.14. The fraction of sp³-hybridized carbons (Fsp3) is 0.444. The SMILES string of the molecule is Cc1ccc(-n2c(CC3CCCCN3C)nc3cccnc32)o1. The zero-order chi connectivity index (χ0) is 15.8. The van der Waals surface area contributed by atoms with Crippen LogP contribution < -0.4 is 0 Å². The molecule has 0 aliphatic carbocycles. The van der Waals surface area contributed by atoms with Gasteiger partial charge in [0.25, 0.3) is 0 Å². The average molecular weight is 310 g/mol. The minimum absolute atomic E-state index is 0.537. The Kier molecular flexibility index (Phi) is 3.65. The summed E-state index contributed by atoms with van der Waals surface area (Å²) in [6.45, 7) is 3.13. The molecule has 3 aromatic rings. The van der Waals surface area contributed by atoms with Crippen molar-refractivity contribution >= 4 is 11.2 Å². The Morgan fingerprint density at radius 3 is 2.96 bits per heavy atom. The second kappa shape index (κ2) is 5.81. The Balaban J connectivity index is 1.79. The van der Waals surface area contributed by atoms with Gasteiger partial charge in [-0.25, -0.2) is 14.5 Å². The molecular weight excluding hydrogens is 288 g/mol. The van der Waals surface area contributed by atoms with Gasteiger partial charge in [0.15, 0.2) is 5.65 Å². The standard InChI is InChI=1S/C18H22N4O/c1-13-8-9-17(23-13)22-16(12-14-6-3-4-11-21(14)2)20-15-7-5-10-19-18(15)22/h5,7-10,14H,3-4,6,11-12H2,1-2H3. The number of nitrogens with zero attached hydrogens (tertiary/aromatic N) is 4. The summed E-state index contributed by atoms with van der Waals surface area (Å²) in [6, 6.07) is 8.47. The van der Waals surface area contributed by atoms with E-state index in [1.54, 1.807) is 0 Å². The Labute approximate surface area is 135 Å². The molecule has 5 nitrogen and oxygen atoms in total. The lowest BCUT2D eigenvalue weighted by Gasteiger charge is -2.32. The molecule has 4 rings (SSSR count). The molecule has 0 saturated carbocycles. The number of rotatable bonds is 3. The molecule has 3 aromatic heterocycles. The van der Waals surface area contributed by atoms with E-state index in [4.69, 9.17) is 9.40 Å². The van der Waals surface area contributed by atoms with Crippen molar-refractivity contribution in [1.29, 1.82) is 0 Å². The number of likely N-dealkylation sites (N-methyl/N-ethyl adjacent to an activating group) is 1. The monoisotopic (exact) mass is 310 g/mol. The van der Waals surface area contributed by atoms with E-state index in [1.165, 1.54) is 25.8 Å². The number of likely N-dealkylation sites (tertiary alicyclic amines) is 1. The summed E-state index contributed by atoms with van der Waals surface area (Å²) in [5.74, 6) is 2.74. The van der Waals surface area contributed by atoms with Crippen LogP contribution in [0.5, 0.6) is 0 Å². The van der Waals surface area contributed by atoms with Gasteiger partial charge in [-0.05, 0) is 51.6 Å². The molecule has 0 amide bonds. The van der Waals surface area contributed by atoms with Crippen molar-refractivity contribution in [3.63, 3.8) is 0 Å². The molecule has 1 fully saturated rings. The quantitative estimate of drug-likeness (QED) is 0.744. The van der Waals surface area contributed by atoms with E-state index in [2.05, 4.69) is 21.5 Å². The average Bonchev–Trinajstić information content (AvgIpc) is 3.12. The molecule has 0 bridgehead atoms. The molecule has 1 aliphatic rings. The third kappa shape index (κ3) is 2.65. The van der Waals surface area contributed by atoms with Crippen molar-refractivity contribution in [2.45, 2.75) is 38.6 Å². The molecule has 1 atom stereocenters. The predicted molar refractivity (Wildman–Crippen MR) is 89.8 cm³/mol. The second-order valence-electron chi connectivity index (χ2n) is 6.43. The lowest BCUT2D eigenvalue weighted by Crippen LogP contribution is -2.38. The number of imidazole rings is 1. The molecule has 5 heteroatoms. The van der Waals surface area contributed by atoms with E-state index in [1.807, 2.05) is 37.4 Å². The van der Waals surface area contributed by atoms with Gasteiger partial charge in [-0.1, -0.05) is 6.42 Å². The smallest absolute Gasteiger partial charge is 0.206 e. The van der Waals surface area contributed by atoms with E-state index in [-0.39, 0.29) is 0 Å². The minimum Gasteiger partial charge on any atom is -0.445 e. The van der Waals surface area contributed by atoms with Crippen LogP contribution in [-0.2, 0) is 6.42 Å². The largest absolute Gasteiger partial charge is 0.445 e. The summed E-state index contributed by atoms with van der Waals surface area (Å²) < 4.78 is 7.94. The predicted octanol–water partition coefficient (Wildman–Crippen LogP) is 3.35. The summed E-state index contributed by atoms with van der Waals surface area (Å²) in [5, 5.41) is 0. The molecule has 1 saturated heterocycles. The highest BCUT2D eigenvalue weighted by molar-refractivity contribution is 5.73. The number of pyridine rings is 1. The lowest BCUT2D eigenvalue weighted by atomic mass is 10.00. The van der Waals surface area contributed by atoms with E-state index in [0.29, 0.717) is 6.04 Å². The maximum atomic E-state index is 5.86. The van der Waals surface area contributed by atoms with Crippen LogP contribution in [0.25, 0.3) is 17.0 Å². The van der Waals surface area contributed by atoms with Crippen LogP contribution in [0.3, 0.4) is 0 Å². The van der Waals surface area contributed by atoms with Gasteiger partial charge in [0.2, 0.25) is 5.88 Å². The number of hydrogen-bond acceptors (Lipinski definition) is 4. The third-order valence-corrected chi connectivity index (χ3v) is 4.77. The van der Waals surface area contributed by atoms with Gasteiger partial charge in [-0.3, -0.25) is 0 Å². The van der Waals surface area contributed by atoms with Crippen molar-refractivity contribution in [2.24, 2.45) is 0 Å². The fourth-order valence-corrected chi connectivity index (χ4v) is 3.48. The van der Waals surface area contributed by atoms with Gasteiger partial charge >= 0.3 is 0 Å². The fourth-order valence-electron chi connectivity index (χ4n) is 3.48. The Morgan fingerprint density at radius 2 is 2.17 bits per heavy atom. The number of furan rings is 1.